The molecule has 0 aliphatic carbocycles. The first-order valence-electron chi connectivity index (χ1n) is 13.6. The number of hydrogen-bond donors (Lipinski definition) is 2. The molecular weight excluding hydrogens is 563 g/mol. The van der Waals surface area contributed by atoms with Gasteiger partial charge in [0.1, 0.15) is 5.01 Å². The van der Waals surface area contributed by atoms with Gasteiger partial charge in [-0.25, -0.2) is 9.97 Å². The molecule has 206 valence electrons. The lowest BCUT2D eigenvalue weighted by molar-refractivity contribution is -0.119. The minimum Gasteiger partial charge on any atom is -0.481 e. The highest BCUT2D eigenvalue weighted by Gasteiger charge is 2.22. The summed E-state index contributed by atoms with van der Waals surface area (Å²) < 4.78 is 5.66. The van der Waals surface area contributed by atoms with Crippen LogP contribution in [-0.4, -0.2) is 35.6 Å². The summed E-state index contributed by atoms with van der Waals surface area (Å²) in [6.07, 6.45) is 5.26. The number of methoxy groups -OCH3 is 1. The van der Waals surface area contributed by atoms with E-state index in [1.807, 2.05) is 42.5 Å². The summed E-state index contributed by atoms with van der Waals surface area (Å²) in [5, 5.41) is 8.58. The number of carbonyl (C=O) groups excluding carboxylic acids is 1. The Bertz CT molecular complexity index is 1550. The number of ether oxygens (including phenoxy) is 1. The van der Waals surface area contributed by atoms with E-state index in [0.29, 0.717) is 22.3 Å². The molecule has 6 rings (SSSR count). The number of carbonyl (C=O) groups is 1. The van der Waals surface area contributed by atoms with Crippen molar-refractivity contribution in [2.75, 3.05) is 13.7 Å². The lowest BCUT2D eigenvalue weighted by Crippen LogP contribution is -2.25. The van der Waals surface area contributed by atoms with Crippen LogP contribution in [0.15, 0.2) is 48.5 Å². The Morgan fingerprint density at radius 1 is 0.975 bits per heavy atom. The second-order valence-corrected chi connectivity index (χ2v) is 12.0. The van der Waals surface area contributed by atoms with E-state index in [2.05, 4.69) is 16.7 Å². The number of nitrogens with one attached hydrogen (secondary N) is 2. The fourth-order valence-corrected chi connectivity index (χ4v) is 7.31. The number of pyridine rings is 1. The summed E-state index contributed by atoms with van der Waals surface area (Å²) in [5.41, 5.74) is 6.33. The average Bonchev–Trinajstić information content (AvgIpc) is 3.59. The molecule has 2 N–H and O–H groups in total. The molecule has 6 nitrogen and oxygen atoms in total. The number of aryl methyl sites for hydroxylation is 1. The van der Waals surface area contributed by atoms with Crippen LogP contribution in [0.3, 0.4) is 0 Å². The Balaban J connectivity index is 1.27. The molecule has 2 aromatic heterocycles. The number of fused-ring (bicyclic) bond motifs is 1. The van der Waals surface area contributed by atoms with Crippen LogP contribution in [0.4, 0.5) is 0 Å². The number of benzene rings is 2. The van der Waals surface area contributed by atoms with Gasteiger partial charge >= 0.3 is 0 Å². The largest absolute Gasteiger partial charge is 0.481 e. The summed E-state index contributed by atoms with van der Waals surface area (Å²) >= 11 is 15.8. The maximum atomic E-state index is 11.5. The van der Waals surface area contributed by atoms with Crippen molar-refractivity contribution in [2.24, 2.45) is 0 Å². The molecule has 2 aliphatic rings. The minimum atomic E-state index is 0.153. The van der Waals surface area contributed by atoms with E-state index < -0.39 is 0 Å². The molecule has 4 aromatic rings. The number of rotatable bonds is 8. The Morgan fingerprint density at radius 2 is 1.73 bits per heavy atom. The Morgan fingerprint density at radius 3 is 2.45 bits per heavy atom. The molecule has 0 radical (unpaired) electrons. The van der Waals surface area contributed by atoms with Crippen molar-refractivity contribution < 1.29 is 9.53 Å². The molecule has 0 saturated carbocycles. The monoisotopic (exact) mass is 592 g/mol. The van der Waals surface area contributed by atoms with Gasteiger partial charge < -0.3 is 15.4 Å². The first kappa shape index (κ1) is 27.2. The molecule has 1 fully saturated rings. The standard InChI is InChI=1S/C31H30Cl2N4O2S/c1-39-30-18(5-2-6-19-12-14-27(38)35-19)11-13-24(36-30)22-9-3-7-20(28(22)32)21-8-4-10-23(29(21)33)31-37-25-17-34-16-15-26(25)40-31/h3-4,7-11,13,19,34H,2,5-6,12,14-17H2,1H3,(H,35,38)/t19-/m1/s1. The van der Waals surface area contributed by atoms with Gasteiger partial charge in [0.15, 0.2) is 0 Å². The van der Waals surface area contributed by atoms with Crippen molar-refractivity contribution in [1.29, 1.82) is 0 Å². The number of halogens is 2. The third-order valence-electron chi connectivity index (χ3n) is 7.61. The quantitative estimate of drug-likeness (QED) is 0.228. The predicted molar refractivity (Wildman–Crippen MR) is 162 cm³/mol. The normalized spacial score (nSPS) is 16.6. The Hall–Kier alpha value is -2.97. The fraction of sp³-hybridized carbons (Fsp3) is 0.323. The van der Waals surface area contributed by atoms with E-state index >= 15 is 0 Å². The van der Waals surface area contributed by atoms with Gasteiger partial charge in [0.25, 0.3) is 0 Å². The highest BCUT2D eigenvalue weighted by atomic mass is 35.5. The van der Waals surface area contributed by atoms with Crippen LogP contribution in [0.25, 0.3) is 33.0 Å². The smallest absolute Gasteiger partial charge is 0.220 e. The maximum Gasteiger partial charge on any atom is 0.220 e. The number of amides is 1. The van der Waals surface area contributed by atoms with E-state index in [4.69, 9.17) is 37.9 Å². The van der Waals surface area contributed by atoms with Crippen LogP contribution in [0.2, 0.25) is 10.0 Å². The zero-order valence-corrected chi connectivity index (χ0v) is 24.6. The van der Waals surface area contributed by atoms with Crippen LogP contribution < -0.4 is 15.4 Å². The lowest BCUT2D eigenvalue weighted by atomic mass is 9.98. The van der Waals surface area contributed by atoms with Crippen molar-refractivity contribution in [3.8, 4) is 38.8 Å². The SMILES string of the molecule is COc1nc(-c2cccc(-c3cccc(-c4nc5c(s4)CCNC5)c3Cl)c2Cl)ccc1CCC[C@@H]1CCC(=O)N1. The van der Waals surface area contributed by atoms with Crippen molar-refractivity contribution in [2.45, 2.75) is 51.1 Å². The zero-order chi connectivity index (χ0) is 27.6. The van der Waals surface area contributed by atoms with E-state index in [1.54, 1.807) is 18.4 Å². The third kappa shape index (κ3) is 5.48. The Kier molecular flexibility index (Phi) is 8.08. The van der Waals surface area contributed by atoms with Gasteiger partial charge in [-0.05, 0) is 38.2 Å². The first-order valence-corrected chi connectivity index (χ1v) is 15.2. The molecule has 1 amide bonds. The van der Waals surface area contributed by atoms with Gasteiger partial charge in [0.2, 0.25) is 11.8 Å². The maximum absolute atomic E-state index is 11.5. The second-order valence-electron chi connectivity index (χ2n) is 10.2. The number of hydrogen-bond acceptors (Lipinski definition) is 6. The fourth-order valence-electron chi connectivity index (χ4n) is 5.50. The third-order valence-corrected chi connectivity index (χ3v) is 9.61. The molecule has 0 bridgehead atoms. The first-order chi connectivity index (χ1) is 19.5. The van der Waals surface area contributed by atoms with Gasteiger partial charge in [-0.1, -0.05) is 65.7 Å². The summed E-state index contributed by atoms with van der Waals surface area (Å²) in [6, 6.07) is 16.3. The molecule has 1 atom stereocenters. The molecular formula is C31H30Cl2N4O2S. The summed E-state index contributed by atoms with van der Waals surface area (Å²) in [5.74, 6) is 0.747. The number of nitrogens with zero attached hydrogens (tertiary/aromatic N) is 2. The highest BCUT2D eigenvalue weighted by Crippen LogP contribution is 2.43. The molecule has 0 spiro atoms. The molecule has 9 heteroatoms. The van der Waals surface area contributed by atoms with Crippen LogP contribution >= 0.6 is 34.5 Å². The number of thiazole rings is 1. The van der Waals surface area contributed by atoms with Crippen LogP contribution in [-0.2, 0) is 24.2 Å². The summed E-state index contributed by atoms with van der Waals surface area (Å²) in [7, 11) is 1.64. The molecule has 0 unspecified atom stereocenters. The van der Waals surface area contributed by atoms with Gasteiger partial charge in [-0.2, -0.15) is 0 Å². The van der Waals surface area contributed by atoms with Crippen molar-refractivity contribution >= 4 is 40.4 Å². The van der Waals surface area contributed by atoms with Gasteiger partial charge in [-0.3, -0.25) is 4.79 Å². The molecule has 2 aromatic carbocycles. The molecule has 40 heavy (non-hydrogen) atoms. The Labute approximate surface area is 248 Å². The van der Waals surface area contributed by atoms with E-state index in [1.165, 1.54) is 4.88 Å². The highest BCUT2D eigenvalue weighted by molar-refractivity contribution is 7.15. The van der Waals surface area contributed by atoms with Crippen LogP contribution in [0.5, 0.6) is 5.88 Å². The van der Waals surface area contributed by atoms with Crippen molar-refractivity contribution in [3.63, 3.8) is 0 Å². The minimum absolute atomic E-state index is 0.153. The number of aromatic nitrogens is 2. The van der Waals surface area contributed by atoms with Gasteiger partial charge in [0.05, 0.1) is 28.5 Å². The topological polar surface area (TPSA) is 76.1 Å². The van der Waals surface area contributed by atoms with Gasteiger partial charge in [-0.15, -0.1) is 11.3 Å². The predicted octanol–water partition coefficient (Wildman–Crippen LogP) is 7.10. The average molecular weight is 594 g/mol. The van der Waals surface area contributed by atoms with Crippen LogP contribution in [0, 0.1) is 0 Å². The van der Waals surface area contributed by atoms with E-state index in [0.717, 1.165) is 89.4 Å². The van der Waals surface area contributed by atoms with Gasteiger partial charge in [0, 0.05) is 58.2 Å². The summed E-state index contributed by atoms with van der Waals surface area (Å²) in [4.78, 5) is 22.5. The molecule has 1 saturated heterocycles. The molecule has 2 aliphatic heterocycles. The van der Waals surface area contributed by atoms with Crippen LogP contribution in [0.1, 0.15) is 41.8 Å². The second kappa shape index (κ2) is 11.9. The van der Waals surface area contributed by atoms with E-state index in [9.17, 15) is 4.79 Å². The summed E-state index contributed by atoms with van der Waals surface area (Å²) in [6.45, 7) is 1.77. The van der Waals surface area contributed by atoms with E-state index in [-0.39, 0.29) is 11.9 Å². The van der Waals surface area contributed by atoms with Crippen molar-refractivity contribution in [3.05, 3.63) is 74.7 Å². The van der Waals surface area contributed by atoms with Crippen molar-refractivity contribution in [1.82, 2.24) is 20.6 Å². The molecule has 4 heterocycles. The lowest BCUT2D eigenvalue weighted by Gasteiger charge is -2.15. The zero-order valence-electron chi connectivity index (χ0n) is 22.2.